The van der Waals surface area contributed by atoms with Crippen molar-refractivity contribution in [1.82, 2.24) is 9.55 Å². The van der Waals surface area contributed by atoms with Gasteiger partial charge in [0.2, 0.25) is 0 Å². The standard InChI is InChI=1S/C10H16N2O5S/c1-10(16,8(14)6(5-13)17-2)12-4-3-7(18)11-9(12)15/h3-4,6,8,13-14,16H,5H2,1-2H3,(H,11,15,18). The Morgan fingerprint density at radius 1 is 1.67 bits per heavy atom. The molecule has 0 bridgehead atoms. The van der Waals surface area contributed by atoms with Crippen molar-refractivity contribution in [1.29, 1.82) is 0 Å². The minimum atomic E-state index is -1.94. The maximum atomic E-state index is 11.7. The first-order chi connectivity index (χ1) is 8.34. The summed E-state index contributed by atoms with van der Waals surface area (Å²) in [4.78, 5) is 14.0. The summed E-state index contributed by atoms with van der Waals surface area (Å²) in [5.74, 6) is 0. The molecule has 3 unspecified atom stereocenters. The van der Waals surface area contributed by atoms with Gasteiger partial charge < -0.3 is 20.1 Å². The van der Waals surface area contributed by atoms with Crippen LogP contribution in [0, 0.1) is 4.64 Å². The maximum absolute atomic E-state index is 11.7. The van der Waals surface area contributed by atoms with Crippen LogP contribution in [0.25, 0.3) is 0 Å². The molecule has 0 aromatic carbocycles. The molecule has 7 nitrogen and oxygen atoms in total. The molecule has 0 spiro atoms. The Hall–Kier alpha value is -1.06. The maximum Gasteiger partial charge on any atom is 0.328 e. The Kier molecular flexibility index (Phi) is 4.77. The summed E-state index contributed by atoms with van der Waals surface area (Å²) in [5, 5.41) is 29.2. The van der Waals surface area contributed by atoms with Crippen molar-refractivity contribution in [2.24, 2.45) is 0 Å². The van der Waals surface area contributed by atoms with Gasteiger partial charge in [0.15, 0.2) is 5.72 Å². The summed E-state index contributed by atoms with van der Waals surface area (Å²) in [5.41, 5.74) is -2.61. The van der Waals surface area contributed by atoms with Crippen LogP contribution in [0.1, 0.15) is 6.92 Å². The van der Waals surface area contributed by atoms with Gasteiger partial charge in [-0.15, -0.1) is 0 Å². The zero-order valence-corrected chi connectivity index (χ0v) is 10.8. The third kappa shape index (κ3) is 2.85. The zero-order chi connectivity index (χ0) is 13.9. The van der Waals surface area contributed by atoms with Crippen molar-refractivity contribution < 1.29 is 20.1 Å². The van der Waals surface area contributed by atoms with Crippen molar-refractivity contribution in [2.75, 3.05) is 13.7 Å². The Morgan fingerprint density at radius 3 is 2.72 bits per heavy atom. The number of hydrogen-bond acceptors (Lipinski definition) is 6. The number of nitrogens with one attached hydrogen (secondary N) is 1. The van der Waals surface area contributed by atoms with Crippen LogP contribution in [0.4, 0.5) is 0 Å². The van der Waals surface area contributed by atoms with Gasteiger partial charge in [-0.1, -0.05) is 12.2 Å². The molecule has 0 aliphatic heterocycles. The van der Waals surface area contributed by atoms with Crippen molar-refractivity contribution in [3.63, 3.8) is 0 Å². The number of aromatic nitrogens is 2. The summed E-state index contributed by atoms with van der Waals surface area (Å²) in [6.07, 6.45) is -1.25. The van der Waals surface area contributed by atoms with E-state index in [0.29, 0.717) is 0 Å². The van der Waals surface area contributed by atoms with Crippen LogP contribution in [-0.2, 0) is 10.5 Å². The van der Waals surface area contributed by atoms with E-state index in [2.05, 4.69) is 4.98 Å². The van der Waals surface area contributed by atoms with Gasteiger partial charge in [0.05, 0.1) is 6.61 Å². The van der Waals surface area contributed by atoms with Crippen LogP contribution >= 0.6 is 12.2 Å². The molecule has 1 aromatic heterocycles. The number of aromatic amines is 1. The molecule has 8 heteroatoms. The van der Waals surface area contributed by atoms with E-state index in [1.54, 1.807) is 0 Å². The number of rotatable bonds is 5. The Balaban J connectivity index is 3.19. The van der Waals surface area contributed by atoms with Gasteiger partial charge in [-0.2, -0.15) is 0 Å². The Morgan fingerprint density at radius 2 is 2.28 bits per heavy atom. The highest BCUT2D eigenvalue weighted by molar-refractivity contribution is 7.71. The first-order valence-electron chi connectivity index (χ1n) is 5.21. The molecule has 0 saturated carbocycles. The number of hydrogen-bond donors (Lipinski definition) is 4. The van der Waals surface area contributed by atoms with Gasteiger partial charge in [0.25, 0.3) is 0 Å². The number of methoxy groups -OCH3 is 1. The van der Waals surface area contributed by atoms with E-state index in [-0.39, 0.29) is 4.64 Å². The molecule has 1 rings (SSSR count). The number of ether oxygens (including phenoxy) is 1. The minimum absolute atomic E-state index is 0.215. The molecule has 4 N–H and O–H groups in total. The van der Waals surface area contributed by atoms with Crippen LogP contribution in [0.2, 0.25) is 0 Å². The molecule has 18 heavy (non-hydrogen) atoms. The van der Waals surface area contributed by atoms with E-state index in [4.69, 9.17) is 22.1 Å². The molecular weight excluding hydrogens is 260 g/mol. The molecule has 0 radical (unpaired) electrons. The van der Waals surface area contributed by atoms with Crippen LogP contribution in [0.3, 0.4) is 0 Å². The lowest BCUT2D eigenvalue weighted by Gasteiger charge is -2.34. The normalized spacial score (nSPS) is 18.1. The van der Waals surface area contributed by atoms with E-state index in [0.717, 1.165) is 4.57 Å². The Labute approximate surface area is 108 Å². The van der Waals surface area contributed by atoms with E-state index in [1.807, 2.05) is 0 Å². The van der Waals surface area contributed by atoms with Gasteiger partial charge in [-0.3, -0.25) is 9.55 Å². The Bertz CT molecular complexity index is 505. The van der Waals surface area contributed by atoms with Gasteiger partial charge >= 0.3 is 5.69 Å². The topological polar surface area (TPSA) is 108 Å². The molecule has 0 fully saturated rings. The number of aliphatic hydroxyl groups is 3. The second-order valence-corrected chi connectivity index (χ2v) is 4.42. The van der Waals surface area contributed by atoms with Crippen molar-refractivity contribution >= 4 is 12.2 Å². The third-order valence-corrected chi connectivity index (χ3v) is 2.94. The molecule has 0 amide bonds. The second-order valence-electron chi connectivity index (χ2n) is 3.98. The first kappa shape index (κ1) is 15.0. The molecule has 1 heterocycles. The molecule has 1 aromatic rings. The lowest BCUT2D eigenvalue weighted by molar-refractivity contribution is -0.178. The van der Waals surface area contributed by atoms with Crippen LogP contribution in [0.15, 0.2) is 17.1 Å². The van der Waals surface area contributed by atoms with Crippen LogP contribution < -0.4 is 5.69 Å². The fourth-order valence-corrected chi connectivity index (χ4v) is 1.72. The number of aliphatic hydroxyl groups excluding tert-OH is 2. The zero-order valence-electron chi connectivity index (χ0n) is 10.0. The summed E-state index contributed by atoms with van der Waals surface area (Å²) in [6.45, 7) is 0.739. The smallest absolute Gasteiger partial charge is 0.328 e. The van der Waals surface area contributed by atoms with Crippen molar-refractivity contribution in [3.8, 4) is 0 Å². The average molecular weight is 276 g/mol. The van der Waals surface area contributed by atoms with E-state index >= 15 is 0 Å². The van der Waals surface area contributed by atoms with Gasteiger partial charge in [-0.05, 0) is 13.0 Å². The predicted molar refractivity (Wildman–Crippen MR) is 65.6 cm³/mol. The second kappa shape index (κ2) is 5.72. The highest BCUT2D eigenvalue weighted by atomic mass is 32.1. The number of H-pyrrole nitrogens is 1. The van der Waals surface area contributed by atoms with Gasteiger partial charge in [0, 0.05) is 13.3 Å². The summed E-state index contributed by atoms with van der Waals surface area (Å²) >= 11 is 4.77. The lowest BCUT2D eigenvalue weighted by atomic mass is 10.0. The summed E-state index contributed by atoms with van der Waals surface area (Å²) in [7, 11) is 1.28. The summed E-state index contributed by atoms with van der Waals surface area (Å²) < 4.78 is 5.93. The average Bonchev–Trinajstić information content (AvgIpc) is 2.29. The highest BCUT2D eigenvalue weighted by Gasteiger charge is 2.38. The summed E-state index contributed by atoms with van der Waals surface area (Å²) in [6, 6.07) is 1.40. The van der Waals surface area contributed by atoms with Crippen molar-refractivity contribution in [3.05, 3.63) is 27.4 Å². The fourth-order valence-electron chi connectivity index (χ4n) is 1.57. The SMILES string of the molecule is COC(CO)C(O)C(C)(O)n1ccc(=S)[nH]c1=O. The largest absolute Gasteiger partial charge is 0.394 e. The van der Waals surface area contributed by atoms with Crippen LogP contribution in [0.5, 0.6) is 0 Å². The van der Waals surface area contributed by atoms with Crippen molar-refractivity contribution in [2.45, 2.75) is 24.9 Å². The molecule has 0 aliphatic carbocycles. The molecular formula is C10H16N2O5S. The predicted octanol–water partition coefficient (Wildman–Crippen LogP) is -1.06. The van der Waals surface area contributed by atoms with E-state index in [1.165, 1.54) is 26.3 Å². The van der Waals surface area contributed by atoms with Crippen LogP contribution in [-0.4, -0.2) is 50.8 Å². The molecule has 0 saturated heterocycles. The lowest BCUT2D eigenvalue weighted by Crippen LogP contribution is -2.54. The van der Waals surface area contributed by atoms with Gasteiger partial charge in [0.1, 0.15) is 16.8 Å². The monoisotopic (exact) mass is 276 g/mol. The first-order valence-corrected chi connectivity index (χ1v) is 5.62. The number of nitrogens with zero attached hydrogens (tertiary/aromatic N) is 1. The van der Waals surface area contributed by atoms with E-state index in [9.17, 15) is 15.0 Å². The third-order valence-electron chi connectivity index (χ3n) is 2.71. The molecule has 0 aliphatic rings. The molecule has 102 valence electrons. The van der Waals surface area contributed by atoms with Gasteiger partial charge in [-0.25, -0.2) is 4.79 Å². The van der Waals surface area contributed by atoms with E-state index < -0.39 is 30.2 Å². The minimum Gasteiger partial charge on any atom is -0.394 e. The quantitative estimate of drug-likeness (QED) is 0.511. The molecule has 3 atom stereocenters. The highest BCUT2D eigenvalue weighted by Crippen LogP contribution is 2.19. The fraction of sp³-hybridized carbons (Fsp3) is 0.600.